The third kappa shape index (κ3) is 4.73. The number of carbonyl (C=O) groups is 1. The maximum Gasteiger partial charge on any atom is 0.217 e. The van der Waals surface area contributed by atoms with Crippen molar-refractivity contribution < 1.29 is 4.79 Å². The number of aromatic nitrogens is 2. The lowest BCUT2D eigenvalue weighted by molar-refractivity contribution is -0.119. The van der Waals surface area contributed by atoms with Crippen LogP contribution < -0.4 is 5.32 Å². The quantitative estimate of drug-likeness (QED) is 0.580. The number of nitrogens with one attached hydrogen (secondary N) is 1. The molecule has 1 saturated carbocycles. The molecule has 0 bridgehead atoms. The van der Waals surface area contributed by atoms with Gasteiger partial charge in [-0.3, -0.25) is 9.78 Å². The lowest BCUT2D eigenvalue weighted by Gasteiger charge is -2.28. The second-order valence-electron chi connectivity index (χ2n) is 7.92. The van der Waals surface area contributed by atoms with E-state index in [-0.39, 0.29) is 11.9 Å². The van der Waals surface area contributed by atoms with Crippen LogP contribution in [0.5, 0.6) is 0 Å². The van der Waals surface area contributed by atoms with Crippen LogP contribution in [0.2, 0.25) is 0 Å². The Morgan fingerprint density at radius 3 is 2.41 bits per heavy atom. The molecule has 1 atom stereocenters. The smallest absolute Gasteiger partial charge is 0.217 e. The highest BCUT2D eigenvalue weighted by molar-refractivity contribution is 7.15. The molecule has 1 aromatic carbocycles. The molecule has 4 nitrogen and oxygen atoms in total. The van der Waals surface area contributed by atoms with E-state index in [0.29, 0.717) is 11.8 Å². The van der Waals surface area contributed by atoms with Crippen LogP contribution in [0.1, 0.15) is 73.4 Å². The summed E-state index contributed by atoms with van der Waals surface area (Å²) in [5.74, 6) is 1.24. The fraction of sp³-hybridized carbons (Fsp3) is 0.375. The maximum absolute atomic E-state index is 11.3. The third-order valence-electron chi connectivity index (χ3n) is 5.86. The van der Waals surface area contributed by atoms with Crippen molar-refractivity contribution in [3.63, 3.8) is 0 Å². The van der Waals surface area contributed by atoms with E-state index < -0.39 is 0 Å². The van der Waals surface area contributed by atoms with Crippen molar-refractivity contribution in [1.29, 1.82) is 0 Å². The van der Waals surface area contributed by atoms with Gasteiger partial charge in [-0.25, -0.2) is 4.98 Å². The molecule has 150 valence electrons. The van der Waals surface area contributed by atoms with E-state index in [0.717, 1.165) is 16.3 Å². The number of amides is 1. The number of thiazole rings is 1. The largest absolute Gasteiger partial charge is 0.350 e. The van der Waals surface area contributed by atoms with Gasteiger partial charge >= 0.3 is 0 Å². The fourth-order valence-corrected chi connectivity index (χ4v) is 5.30. The zero-order valence-electron chi connectivity index (χ0n) is 17.0. The molecule has 0 saturated heterocycles. The number of rotatable bonds is 5. The van der Waals surface area contributed by atoms with Crippen molar-refractivity contribution in [2.45, 2.75) is 57.4 Å². The van der Waals surface area contributed by atoms with Crippen molar-refractivity contribution in [3.8, 4) is 10.7 Å². The van der Waals surface area contributed by atoms with E-state index in [2.05, 4.69) is 45.7 Å². The highest BCUT2D eigenvalue weighted by atomic mass is 32.1. The standard InChI is InChI=1S/C24H27N3OS/c1-16(27-17(2)28)18-6-8-19(9-7-18)20-10-12-21(13-11-20)23-15-26-24(29-23)22-5-3-4-14-25-22/h3-9,14-16,20-21H,10-13H2,1-2H3,(H,27,28)/t16-,20?,21?/m0/s1. The second-order valence-corrected chi connectivity index (χ2v) is 8.98. The van der Waals surface area contributed by atoms with E-state index in [1.807, 2.05) is 31.3 Å². The van der Waals surface area contributed by atoms with Crippen LogP contribution in [-0.2, 0) is 4.79 Å². The van der Waals surface area contributed by atoms with Gasteiger partial charge in [0.2, 0.25) is 5.91 Å². The number of hydrogen-bond donors (Lipinski definition) is 1. The predicted molar refractivity (Wildman–Crippen MR) is 118 cm³/mol. The molecule has 1 aliphatic carbocycles. The van der Waals surface area contributed by atoms with Gasteiger partial charge in [-0.05, 0) is 67.7 Å². The molecule has 0 aliphatic heterocycles. The SMILES string of the molecule is CC(=O)N[C@@H](C)c1ccc(C2CCC(c3cnc(-c4ccccn4)s3)CC2)cc1. The van der Waals surface area contributed by atoms with Gasteiger partial charge in [-0.15, -0.1) is 11.3 Å². The van der Waals surface area contributed by atoms with Crippen molar-refractivity contribution in [3.05, 3.63) is 70.9 Å². The molecule has 1 amide bonds. The van der Waals surface area contributed by atoms with Gasteiger partial charge in [-0.1, -0.05) is 30.3 Å². The first-order valence-corrected chi connectivity index (χ1v) is 11.2. The van der Waals surface area contributed by atoms with Gasteiger partial charge in [0.05, 0.1) is 11.7 Å². The van der Waals surface area contributed by atoms with Crippen LogP contribution in [0.4, 0.5) is 0 Å². The Balaban J connectivity index is 1.36. The summed E-state index contributed by atoms with van der Waals surface area (Å²) in [4.78, 5) is 21.7. The minimum atomic E-state index is 0.00849. The first-order valence-electron chi connectivity index (χ1n) is 10.3. The average Bonchev–Trinajstić information content (AvgIpc) is 3.24. The molecule has 3 aromatic rings. The van der Waals surface area contributed by atoms with Crippen LogP contribution in [0.15, 0.2) is 54.9 Å². The molecule has 1 fully saturated rings. The van der Waals surface area contributed by atoms with Gasteiger partial charge < -0.3 is 5.32 Å². The van der Waals surface area contributed by atoms with Crippen LogP contribution in [0, 0.1) is 0 Å². The molecule has 0 unspecified atom stereocenters. The lowest BCUT2D eigenvalue weighted by Crippen LogP contribution is -2.23. The van der Waals surface area contributed by atoms with Gasteiger partial charge in [0.25, 0.3) is 0 Å². The van der Waals surface area contributed by atoms with Crippen LogP contribution in [0.25, 0.3) is 10.7 Å². The minimum Gasteiger partial charge on any atom is -0.350 e. The molecule has 1 N–H and O–H groups in total. The first kappa shape index (κ1) is 19.8. The van der Waals surface area contributed by atoms with Crippen molar-refractivity contribution >= 4 is 17.2 Å². The minimum absolute atomic E-state index is 0.00849. The highest BCUT2D eigenvalue weighted by Gasteiger charge is 2.25. The number of pyridine rings is 1. The predicted octanol–water partition coefficient (Wildman–Crippen LogP) is 5.84. The summed E-state index contributed by atoms with van der Waals surface area (Å²) in [7, 11) is 0. The molecule has 0 spiro atoms. The van der Waals surface area contributed by atoms with E-state index in [1.54, 1.807) is 18.3 Å². The molecule has 29 heavy (non-hydrogen) atoms. The third-order valence-corrected chi connectivity index (χ3v) is 7.05. The number of nitrogens with zero attached hydrogens (tertiary/aromatic N) is 2. The van der Waals surface area contributed by atoms with Crippen LogP contribution in [0.3, 0.4) is 0 Å². The van der Waals surface area contributed by atoms with E-state index in [4.69, 9.17) is 0 Å². The summed E-state index contributed by atoms with van der Waals surface area (Å²) in [6.45, 7) is 3.58. The zero-order valence-corrected chi connectivity index (χ0v) is 17.8. The molecule has 2 heterocycles. The molecule has 5 heteroatoms. The van der Waals surface area contributed by atoms with E-state index in [1.165, 1.54) is 36.1 Å². The summed E-state index contributed by atoms with van der Waals surface area (Å²) < 4.78 is 0. The van der Waals surface area contributed by atoms with Crippen LogP contribution >= 0.6 is 11.3 Å². The van der Waals surface area contributed by atoms with Crippen molar-refractivity contribution in [2.75, 3.05) is 0 Å². The molecule has 0 radical (unpaired) electrons. The number of carbonyl (C=O) groups excluding carboxylic acids is 1. The number of hydrogen-bond acceptors (Lipinski definition) is 4. The summed E-state index contributed by atoms with van der Waals surface area (Å²) in [6, 6.07) is 14.8. The first-order chi connectivity index (χ1) is 14.1. The topological polar surface area (TPSA) is 54.9 Å². The molecular weight excluding hydrogens is 378 g/mol. The monoisotopic (exact) mass is 405 g/mol. The summed E-state index contributed by atoms with van der Waals surface area (Å²) in [5.41, 5.74) is 3.54. The molecule has 2 aromatic heterocycles. The lowest BCUT2D eigenvalue weighted by atomic mass is 9.78. The van der Waals surface area contributed by atoms with Gasteiger partial charge in [-0.2, -0.15) is 0 Å². The Labute approximate surface area is 176 Å². The van der Waals surface area contributed by atoms with Gasteiger partial charge in [0.15, 0.2) is 0 Å². The average molecular weight is 406 g/mol. The Hall–Kier alpha value is -2.53. The Morgan fingerprint density at radius 1 is 1.03 bits per heavy atom. The molecule has 1 aliphatic rings. The van der Waals surface area contributed by atoms with E-state index >= 15 is 0 Å². The number of benzene rings is 1. The van der Waals surface area contributed by atoms with E-state index in [9.17, 15) is 4.79 Å². The molecule has 4 rings (SSSR count). The summed E-state index contributed by atoms with van der Waals surface area (Å²) >= 11 is 1.79. The highest BCUT2D eigenvalue weighted by Crippen LogP contribution is 2.42. The van der Waals surface area contributed by atoms with Gasteiger partial charge in [0.1, 0.15) is 5.01 Å². The normalized spacial score (nSPS) is 20.2. The fourth-order valence-electron chi connectivity index (χ4n) is 4.24. The Morgan fingerprint density at radius 2 is 1.76 bits per heavy atom. The maximum atomic E-state index is 11.3. The summed E-state index contributed by atoms with van der Waals surface area (Å²) in [6.07, 6.45) is 8.71. The van der Waals surface area contributed by atoms with Crippen LogP contribution in [-0.4, -0.2) is 15.9 Å². The Kier molecular flexibility index (Phi) is 6.05. The second kappa shape index (κ2) is 8.87. The summed E-state index contributed by atoms with van der Waals surface area (Å²) in [5, 5.41) is 3.97. The molecular formula is C24H27N3OS. The Bertz CT molecular complexity index is 944. The zero-order chi connectivity index (χ0) is 20.2. The van der Waals surface area contributed by atoms with Crippen molar-refractivity contribution in [1.82, 2.24) is 15.3 Å². The van der Waals surface area contributed by atoms with Gasteiger partial charge in [0, 0.05) is 24.2 Å². The van der Waals surface area contributed by atoms with Crippen molar-refractivity contribution in [2.24, 2.45) is 0 Å².